The second kappa shape index (κ2) is 3.82. The average Bonchev–Trinajstić information content (AvgIpc) is 1.80. The summed E-state index contributed by atoms with van der Waals surface area (Å²) >= 11 is 4.05. The Morgan fingerprint density at radius 1 is 1.64 bits per heavy atom. The highest BCUT2D eigenvalue weighted by Gasteiger charge is 2.07. The normalized spacial score (nSPS) is 12.8. The van der Waals surface area contributed by atoms with E-state index in [2.05, 4.69) is 16.3 Å². The van der Waals surface area contributed by atoms with Crippen LogP contribution in [0, 0.1) is 0 Å². The first kappa shape index (κ1) is 10.6. The lowest BCUT2D eigenvalue weighted by Crippen LogP contribution is -1.96. The Morgan fingerprint density at radius 2 is 2.09 bits per heavy atom. The molecule has 0 heterocycles. The maximum atomic E-state index is 10.1. The van der Waals surface area contributed by atoms with E-state index in [9.17, 15) is 4.79 Å². The monoisotopic (exact) mass is 198 g/mol. The Morgan fingerprint density at radius 3 is 2.36 bits per heavy atom. The number of carboxylic acid groups (broad SMARTS) is 1. The van der Waals surface area contributed by atoms with E-state index in [0.29, 0.717) is 6.26 Å². The molecule has 0 saturated heterocycles. The van der Waals surface area contributed by atoms with E-state index in [1.165, 1.54) is 6.92 Å². The van der Waals surface area contributed by atoms with E-state index >= 15 is 0 Å². The largest absolute Gasteiger partial charge is 0.478 e. The molecule has 0 aliphatic rings. The number of aliphatic carboxylic acids is 1. The van der Waals surface area contributed by atoms with Gasteiger partial charge < -0.3 is 19.4 Å². The zero-order valence-corrected chi connectivity index (χ0v) is 7.30. The minimum atomic E-state index is -3.77. The molecule has 0 aliphatic carbocycles. The SMILES string of the molecule is CC(=COP(O)(O)=S)C(=O)O. The van der Waals surface area contributed by atoms with Crippen LogP contribution >= 0.6 is 6.72 Å². The lowest BCUT2D eigenvalue weighted by atomic mass is 10.4. The summed E-state index contributed by atoms with van der Waals surface area (Å²) in [5.41, 5.74) is -0.151. The van der Waals surface area contributed by atoms with Gasteiger partial charge in [0.15, 0.2) is 0 Å². The van der Waals surface area contributed by atoms with Crippen LogP contribution in [0.5, 0.6) is 0 Å². The van der Waals surface area contributed by atoms with Crippen LogP contribution in [-0.4, -0.2) is 20.9 Å². The number of hydrogen-bond donors (Lipinski definition) is 3. The molecule has 0 aromatic heterocycles. The van der Waals surface area contributed by atoms with Crippen molar-refractivity contribution in [2.24, 2.45) is 0 Å². The van der Waals surface area contributed by atoms with Crippen LogP contribution in [0.2, 0.25) is 0 Å². The van der Waals surface area contributed by atoms with Gasteiger partial charge in [-0.2, -0.15) is 0 Å². The molecule has 0 fully saturated rings. The minimum Gasteiger partial charge on any atom is -0.478 e. The zero-order chi connectivity index (χ0) is 9.07. The molecule has 7 heteroatoms. The molecule has 5 nitrogen and oxygen atoms in total. The molecule has 0 aromatic carbocycles. The van der Waals surface area contributed by atoms with E-state index in [1.54, 1.807) is 0 Å². The number of carbonyl (C=O) groups is 1. The summed E-state index contributed by atoms with van der Waals surface area (Å²) in [6.07, 6.45) is 0.711. The van der Waals surface area contributed by atoms with Crippen LogP contribution in [-0.2, 0) is 21.1 Å². The maximum Gasteiger partial charge on any atom is 0.374 e. The van der Waals surface area contributed by atoms with Crippen LogP contribution in [0.1, 0.15) is 6.92 Å². The molecule has 11 heavy (non-hydrogen) atoms. The first-order valence-electron chi connectivity index (χ1n) is 2.47. The summed E-state index contributed by atoms with van der Waals surface area (Å²) in [5.74, 6) is -1.20. The fraction of sp³-hybridized carbons (Fsp3) is 0.250. The minimum absolute atomic E-state index is 0.151. The van der Waals surface area contributed by atoms with E-state index in [-0.39, 0.29) is 5.57 Å². The van der Waals surface area contributed by atoms with Crippen molar-refractivity contribution in [3.05, 3.63) is 11.8 Å². The Labute approximate surface area is 68.2 Å². The van der Waals surface area contributed by atoms with Gasteiger partial charge in [-0.05, 0) is 6.92 Å². The summed E-state index contributed by atoms with van der Waals surface area (Å²) in [4.78, 5) is 27.0. The number of carboxylic acids is 1. The summed E-state index contributed by atoms with van der Waals surface area (Å²) in [6.45, 7) is -2.52. The van der Waals surface area contributed by atoms with Gasteiger partial charge in [-0.1, -0.05) is 0 Å². The highest BCUT2D eigenvalue weighted by atomic mass is 32.5. The standard InChI is InChI=1S/C4H7O5PS/c1-3(4(5)6)2-9-10(7,8)11/h2H,1H3,(H,5,6)(H2,7,8,11). The molecule has 0 spiro atoms. The van der Waals surface area contributed by atoms with Crippen LogP contribution in [0.4, 0.5) is 0 Å². The Balaban J connectivity index is 4.15. The molecule has 0 amide bonds. The van der Waals surface area contributed by atoms with Gasteiger partial charge in [-0.15, -0.1) is 0 Å². The topological polar surface area (TPSA) is 87.0 Å². The molecular formula is C4H7O5PS. The van der Waals surface area contributed by atoms with E-state index in [1.807, 2.05) is 0 Å². The van der Waals surface area contributed by atoms with Gasteiger partial charge in [0.1, 0.15) is 6.26 Å². The Bertz CT molecular complexity index is 229. The Hall–Kier alpha value is -0.420. The van der Waals surface area contributed by atoms with Crippen molar-refractivity contribution in [3.8, 4) is 0 Å². The van der Waals surface area contributed by atoms with Crippen LogP contribution in [0.25, 0.3) is 0 Å². The summed E-state index contributed by atoms with van der Waals surface area (Å²) in [6, 6.07) is 0. The van der Waals surface area contributed by atoms with Gasteiger partial charge >= 0.3 is 12.7 Å². The molecule has 3 N–H and O–H groups in total. The summed E-state index contributed by atoms with van der Waals surface area (Å²) in [5, 5.41) is 8.25. The van der Waals surface area contributed by atoms with Gasteiger partial charge in [0.2, 0.25) is 0 Å². The van der Waals surface area contributed by atoms with Crippen LogP contribution in [0.3, 0.4) is 0 Å². The first-order valence-corrected chi connectivity index (χ1v) is 5.09. The lowest BCUT2D eigenvalue weighted by molar-refractivity contribution is -0.132. The molecule has 0 unspecified atom stereocenters. The highest BCUT2D eigenvalue weighted by molar-refractivity contribution is 8.06. The summed E-state index contributed by atoms with van der Waals surface area (Å²) in [7, 11) is 0. The van der Waals surface area contributed by atoms with E-state index < -0.39 is 12.7 Å². The third kappa shape index (κ3) is 6.00. The molecular weight excluding hydrogens is 191 g/mol. The Kier molecular flexibility index (Phi) is 3.68. The highest BCUT2D eigenvalue weighted by Crippen LogP contribution is 2.36. The van der Waals surface area contributed by atoms with E-state index in [0.717, 1.165) is 0 Å². The van der Waals surface area contributed by atoms with Gasteiger partial charge in [0.25, 0.3) is 0 Å². The molecule has 0 aromatic rings. The molecule has 0 saturated carbocycles. The van der Waals surface area contributed by atoms with Gasteiger partial charge in [0, 0.05) is 11.8 Å². The quantitative estimate of drug-likeness (QED) is 0.341. The van der Waals surface area contributed by atoms with Crippen molar-refractivity contribution in [1.29, 1.82) is 0 Å². The van der Waals surface area contributed by atoms with Crippen molar-refractivity contribution in [2.45, 2.75) is 6.92 Å². The predicted molar refractivity (Wildman–Crippen MR) is 41.2 cm³/mol. The van der Waals surface area contributed by atoms with Crippen LogP contribution in [0.15, 0.2) is 11.8 Å². The van der Waals surface area contributed by atoms with Crippen LogP contribution < -0.4 is 0 Å². The fourth-order valence-electron chi connectivity index (χ4n) is 0.198. The average molecular weight is 198 g/mol. The summed E-state index contributed by atoms with van der Waals surface area (Å²) < 4.78 is 4.15. The molecule has 0 radical (unpaired) electrons. The molecule has 0 bridgehead atoms. The number of rotatable bonds is 3. The third-order valence-corrected chi connectivity index (χ3v) is 1.34. The lowest BCUT2D eigenvalue weighted by Gasteiger charge is -2.04. The second-order valence-electron chi connectivity index (χ2n) is 1.70. The van der Waals surface area contributed by atoms with Gasteiger partial charge in [-0.3, -0.25) is 0 Å². The van der Waals surface area contributed by atoms with Crippen molar-refractivity contribution in [1.82, 2.24) is 0 Å². The smallest absolute Gasteiger partial charge is 0.374 e. The molecule has 0 aliphatic heterocycles. The van der Waals surface area contributed by atoms with Gasteiger partial charge in [-0.25, -0.2) is 4.79 Å². The first-order chi connectivity index (χ1) is 4.83. The van der Waals surface area contributed by atoms with Crippen molar-refractivity contribution in [3.63, 3.8) is 0 Å². The predicted octanol–water partition coefficient (Wildman–Crippen LogP) is 0.201. The molecule has 64 valence electrons. The van der Waals surface area contributed by atoms with Crippen molar-refractivity contribution >= 4 is 24.5 Å². The fourth-order valence-corrected chi connectivity index (χ4v) is 0.623. The van der Waals surface area contributed by atoms with Gasteiger partial charge in [0.05, 0.1) is 5.57 Å². The third-order valence-electron chi connectivity index (χ3n) is 0.704. The maximum absolute atomic E-state index is 10.1. The van der Waals surface area contributed by atoms with E-state index in [4.69, 9.17) is 14.9 Å². The van der Waals surface area contributed by atoms with Crippen molar-refractivity contribution in [2.75, 3.05) is 0 Å². The second-order valence-corrected chi connectivity index (χ2v) is 4.32. The number of hydrogen-bond acceptors (Lipinski definition) is 3. The zero-order valence-electron chi connectivity index (χ0n) is 5.59. The molecule has 0 rings (SSSR count). The van der Waals surface area contributed by atoms with Crippen molar-refractivity contribution < 1.29 is 24.2 Å². The molecule has 0 atom stereocenters.